The van der Waals surface area contributed by atoms with Crippen molar-refractivity contribution in [1.82, 2.24) is 9.55 Å². The van der Waals surface area contributed by atoms with E-state index in [1.807, 2.05) is 79.7 Å². The van der Waals surface area contributed by atoms with Crippen LogP contribution >= 0.6 is 11.6 Å². The Balaban J connectivity index is 1.62. The van der Waals surface area contributed by atoms with Crippen LogP contribution in [0.5, 0.6) is 0 Å². The van der Waals surface area contributed by atoms with E-state index in [1.165, 1.54) is 5.56 Å². The fourth-order valence-electron chi connectivity index (χ4n) is 4.24. The summed E-state index contributed by atoms with van der Waals surface area (Å²) in [6.07, 6.45) is 0.956. The Morgan fingerprint density at radius 3 is 2.50 bits per heavy atom. The minimum Gasteiger partial charge on any atom is -0.329 e. The van der Waals surface area contributed by atoms with Crippen LogP contribution in [0.2, 0.25) is 5.02 Å². The molecule has 2 heterocycles. The quantitative estimate of drug-likeness (QED) is 0.396. The fraction of sp³-hybridized carbons (Fsp3) is 0.154. The SMILES string of the molecule is CCc1ccc(NC(=O)C2=C(C)Nc3nc4ccccc4n3C2c2ccc(Cl)cc2)cc1. The van der Waals surface area contributed by atoms with E-state index in [4.69, 9.17) is 16.6 Å². The Bertz CT molecular complexity index is 1340. The molecule has 0 radical (unpaired) electrons. The van der Waals surface area contributed by atoms with Crippen LogP contribution in [-0.2, 0) is 11.2 Å². The van der Waals surface area contributed by atoms with Crippen LogP contribution in [0, 0.1) is 0 Å². The molecule has 5 nitrogen and oxygen atoms in total. The molecule has 32 heavy (non-hydrogen) atoms. The topological polar surface area (TPSA) is 59.0 Å². The second-order valence-electron chi connectivity index (χ2n) is 7.92. The summed E-state index contributed by atoms with van der Waals surface area (Å²) in [7, 11) is 0. The molecule has 0 spiro atoms. The molecule has 1 unspecified atom stereocenters. The van der Waals surface area contributed by atoms with Crippen molar-refractivity contribution in [3.63, 3.8) is 0 Å². The smallest absolute Gasteiger partial charge is 0.255 e. The summed E-state index contributed by atoms with van der Waals surface area (Å²) in [4.78, 5) is 18.3. The number of anilines is 2. The van der Waals surface area contributed by atoms with Crippen LogP contribution in [0.15, 0.2) is 84.1 Å². The lowest BCUT2D eigenvalue weighted by Gasteiger charge is -2.30. The predicted octanol–water partition coefficient (Wildman–Crippen LogP) is 6.18. The molecule has 1 aliphatic rings. The zero-order valence-corrected chi connectivity index (χ0v) is 18.6. The number of allylic oxidation sites excluding steroid dienone is 1. The first-order valence-electron chi connectivity index (χ1n) is 10.7. The van der Waals surface area contributed by atoms with Gasteiger partial charge < -0.3 is 10.6 Å². The highest BCUT2D eigenvalue weighted by Crippen LogP contribution is 2.39. The number of hydrogen-bond acceptors (Lipinski definition) is 3. The van der Waals surface area contributed by atoms with Gasteiger partial charge in [0, 0.05) is 16.4 Å². The van der Waals surface area contributed by atoms with E-state index in [1.54, 1.807) is 0 Å². The molecule has 1 atom stereocenters. The average molecular weight is 443 g/mol. The molecule has 4 aromatic rings. The minimum atomic E-state index is -0.342. The first kappa shape index (κ1) is 20.3. The van der Waals surface area contributed by atoms with Crippen LogP contribution in [0.1, 0.15) is 31.0 Å². The number of fused-ring (bicyclic) bond motifs is 3. The molecule has 2 N–H and O–H groups in total. The molecule has 0 bridgehead atoms. The molecule has 1 aromatic heterocycles. The number of aryl methyl sites for hydroxylation is 1. The van der Waals surface area contributed by atoms with E-state index in [0.29, 0.717) is 16.5 Å². The van der Waals surface area contributed by atoms with Crippen molar-refractivity contribution in [1.29, 1.82) is 0 Å². The number of nitrogens with zero attached hydrogens (tertiary/aromatic N) is 2. The lowest BCUT2D eigenvalue weighted by atomic mass is 9.94. The molecule has 160 valence electrons. The number of amides is 1. The summed E-state index contributed by atoms with van der Waals surface area (Å²) in [6, 6.07) is 23.2. The maximum Gasteiger partial charge on any atom is 0.255 e. The summed E-state index contributed by atoms with van der Waals surface area (Å²) in [5.74, 6) is 0.565. The van der Waals surface area contributed by atoms with E-state index in [9.17, 15) is 4.79 Å². The Hall–Kier alpha value is -3.57. The van der Waals surface area contributed by atoms with E-state index in [-0.39, 0.29) is 11.9 Å². The Kier molecular flexibility index (Phi) is 5.19. The fourth-order valence-corrected chi connectivity index (χ4v) is 4.37. The third-order valence-corrected chi connectivity index (χ3v) is 6.13. The van der Waals surface area contributed by atoms with Crippen molar-refractivity contribution in [2.24, 2.45) is 0 Å². The average Bonchev–Trinajstić information content (AvgIpc) is 3.17. The molecular weight excluding hydrogens is 420 g/mol. The monoisotopic (exact) mass is 442 g/mol. The molecule has 5 rings (SSSR count). The number of halogens is 1. The Morgan fingerprint density at radius 1 is 1.06 bits per heavy atom. The number of para-hydroxylation sites is 2. The van der Waals surface area contributed by atoms with Crippen molar-refractivity contribution in [2.45, 2.75) is 26.3 Å². The molecule has 0 aliphatic carbocycles. The van der Waals surface area contributed by atoms with Gasteiger partial charge in [-0.1, -0.05) is 54.9 Å². The molecule has 0 saturated heterocycles. The molecule has 6 heteroatoms. The van der Waals surface area contributed by atoms with Crippen LogP contribution in [0.3, 0.4) is 0 Å². The van der Waals surface area contributed by atoms with Crippen molar-refractivity contribution < 1.29 is 4.79 Å². The van der Waals surface area contributed by atoms with E-state index >= 15 is 0 Å². The first-order valence-corrected chi connectivity index (χ1v) is 11.0. The summed E-state index contributed by atoms with van der Waals surface area (Å²) in [6.45, 7) is 4.03. The van der Waals surface area contributed by atoms with Crippen molar-refractivity contribution in [3.05, 3.63) is 100 Å². The Labute approximate surface area is 191 Å². The number of imidazole rings is 1. The van der Waals surface area contributed by atoms with Gasteiger partial charge in [-0.2, -0.15) is 0 Å². The van der Waals surface area contributed by atoms with Gasteiger partial charge in [-0.25, -0.2) is 4.98 Å². The molecule has 0 fully saturated rings. The number of carbonyl (C=O) groups excluding carboxylic acids is 1. The zero-order chi connectivity index (χ0) is 22.2. The first-order chi connectivity index (χ1) is 15.5. The number of nitrogens with one attached hydrogen (secondary N) is 2. The largest absolute Gasteiger partial charge is 0.329 e. The van der Waals surface area contributed by atoms with Gasteiger partial charge in [-0.15, -0.1) is 0 Å². The van der Waals surface area contributed by atoms with Gasteiger partial charge in [0.1, 0.15) is 0 Å². The number of benzene rings is 3. The normalized spacial score (nSPS) is 15.4. The van der Waals surface area contributed by atoms with Crippen LogP contribution in [0.25, 0.3) is 11.0 Å². The number of rotatable bonds is 4. The van der Waals surface area contributed by atoms with Gasteiger partial charge in [0.05, 0.1) is 22.6 Å². The van der Waals surface area contributed by atoms with Crippen molar-refractivity contribution in [2.75, 3.05) is 10.6 Å². The number of aromatic nitrogens is 2. The van der Waals surface area contributed by atoms with Gasteiger partial charge in [-0.05, 0) is 60.9 Å². The summed E-state index contributed by atoms with van der Waals surface area (Å²) < 4.78 is 2.08. The van der Waals surface area contributed by atoms with E-state index < -0.39 is 0 Å². The zero-order valence-electron chi connectivity index (χ0n) is 17.9. The van der Waals surface area contributed by atoms with E-state index in [2.05, 4.69) is 22.1 Å². The van der Waals surface area contributed by atoms with Gasteiger partial charge in [-0.3, -0.25) is 9.36 Å². The number of carbonyl (C=O) groups is 1. The van der Waals surface area contributed by atoms with Crippen LogP contribution in [-0.4, -0.2) is 15.5 Å². The second kappa shape index (κ2) is 8.17. The lowest BCUT2D eigenvalue weighted by Crippen LogP contribution is -2.30. The minimum absolute atomic E-state index is 0.150. The molecule has 0 saturated carbocycles. The molecule has 1 aliphatic heterocycles. The van der Waals surface area contributed by atoms with Gasteiger partial charge in [0.15, 0.2) is 0 Å². The molecular formula is C26H23ClN4O. The standard InChI is InChI=1S/C26H23ClN4O/c1-3-17-8-14-20(15-9-17)29-25(32)23-16(2)28-26-30-21-6-4-5-7-22(21)31(26)24(23)18-10-12-19(27)13-11-18/h4-15,24H,3H2,1-2H3,(H,28,30)(H,29,32). The third kappa shape index (κ3) is 3.55. The van der Waals surface area contributed by atoms with Gasteiger partial charge >= 0.3 is 0 Å². The second-order valence-corrected chi connectivity index (χ2v) is 8.35. The number of hydrogen-bond donors (Lipinski definition) is 2. The molecule has 3 aromatic carbocycles. The Morgan fingerprint density at radius 2 is 1.78 bits per heavy atom. The van der Waals surface area contributed by atoms with E-state index in [0.717, 1.165) is 34.4 Å². The van der Waals surface area contributed by atoms with Gasteiger partial charge in [0.2, 0.25) is 5.95 Å². The highest BCUT2D eigenvalue weighted by atomic mass is 35.5. The van der Waals surface area contributed by atoms with Crippen molar-refractivity contribution in [3.8, 4) is 0 Å². The highest BCUT2D eigenvalue weighted by Gasteiger charge is 2.34. The van der Waals surface area contributed by atoms with Crippen LogP contribution in [0.4, 0.5) is 11.6 Å². The molecule has 1 amide bonds. The van der Waals surface area contributed by atoms with Crippen molar-refractivity contribution >= 4 is 40.2 Å². The van der Waals surface area contributed by atoms with Crippen LogP contribution < -0.4 is 10.6 Å². The summed E-state index contributed by atoms with van der Waals surface area (Å²) in [5.41, 5.74) is 6.21. The lowest BCUT2D eigenvalue weighted by molar-refractivity contribution is -0.113. The predicted molar refractivity (Wildman–Crippen MR) is 130 cm³/mol. The maximum atomic E-state index is 13.6. The van der Waals surface area contributed by atoms with Gasteiger partial charge in [0.25, 0.3) is 5.91 Å². The highest BCUT2D eigenvalue weighted by molar-refractivity contribution is 6.30. The summed E-state index contributed by atoms with van der Waals surface area (Å²) in [5, 5.41) is 7.07. The summed E-state index contributed by atoms with van der Waals surface area (Å²) >= 11 is 6.16. The maximum absolute atomic E-state index is 13.6. The third-order valence-electron chi connectivity index (χ3n) is 5.88.